The Labute approximate surface area is 99.8 Å². The van der Waals surface area contributed by atoms with Crippen molar-refractivity contribution in [2.75, 3.05) is 0 Å². The van der Waals surface area contributed by atoms with Crippen LogP contribution in [0.5, 0.6) is 0 Å². The summed E-state index contributed by atoms with van der Waals surface area (Å²) >= 11 is 1.71. The number of benzene rings is 1. The maximum atomic E-state index is 12.1. The first-order chi connectivity index (χ1) is 7.77. The summed E-state index contributed by atoms with van der Waals surface area (Å²) in [6, 6.07) is 13.6. The van der Waals surface area contributed by atoms with Crippen molar-refractivity contribution in [3.05, 3.63) is 58.3 Å². The minimum absolute atomic E-state index is 0.0565. The van der Waals surface area contributed by atoms with Crippen LogP contribution >= 0.6 is 11.3 Å². The van der Waals surface area contributed by atoms with Gasteiger partial charge >= 0.3 is 0 Å². The Morgan fingerprint density at radius 3 is 2.56 bits per heavy atom. The van der Waals surface area contributed by atoms with Crippen LogP contribution in [0, 0.1) is 5.92 Å². The van der Waals surface area contributed by atoms with E-state index in [1.54, 1.807) is 11.3 Å². The smallest absolute Gasteiger partial charge is 0.166 e. The van der Waals surface area contributed by atoms with E-state index in [4.69, 9.17) is 0 Å². The Hall–Kier alpha value is -1.41. The monoisotopic (exact) mass is 230 g/mol. The third kappa shape index (κ3) is 2.58. The van der Waals surface area contributed by atoms with Crippen LogP contribution in [0.25, 0.3) is 0 Å². The Balaban J connectivity index is 2.05. The number of hydrogen-bond acceptors (Lipinski definition) is 2. The van der Waals surface area contributed by atoms with Gasteiger partial charge in [0.25, 0.3) is 0 Å². The maximum absolute atomic E-state index is 12.1. The number of carbonyl (C=O) groups excluding carboxylic acids is 1. The number of carbonyl (C=O) groups is 1. The van der Waals surface area contributed by atoms with E-state index in [9.17, 15) is 4.79 Å². The standard InChI is InChI=1S/C14H14OS/c1-11(10-13-8-5-9-16-13)14(15)12-6-3-2-4-7-12/h2-9,11H,10H2,1H3. The summed E-state index contributed by atoms with van der Waals surface area (Å²) in [5.74, 6) is 0.287. The molecule has 0 saturated carbocycles. The van der Waals surface area contributed by atoms with Gasteiger partial charge in [-0.2, -0.15) is 0 Å². The highest BCUT2D eigenvalue weighted by atomic mass is 32.1. The minimum Gasteiger partial charge on any atom is -0.294 e. The average Bonchev–Trinajstić information content (AvgIpc) is 2.82. The third-order valence-electron chi connectivity index (χ3n) is 2.59. The van der Waals surface area contributed by atoms with Crippen LogP contribution in [0.15, 0.2) is 47.8 Å². The van der Waals surface area contributed by atoms with Crippen LogP contribution in [-0.4, -0.2) is 5.78 Å². The molecule has 1 aromatic carbocycles. The summed E-state index contributed by atoms with van der Waals surface area (Å²) in [7, 11) is 0. The molecule has 0 radical (unpaired) electrons. The molecule has 0 amide bonds. The van der Waals surface area contributed by atoms with Crippen molar-refractivity contribution in [3.63, 3.8) is 0 Å². The summed E-state index contributed by atoms with van der Waals surface area (Å²) in [6.45, 7) is 2.00. The van der Waals surface area contributed by atoms with Crippen LogP contribution < -0.4 is 0 Å². The second-order valence-electron chi connectivity index (χ2n) is 3.91. The highest BCUT2D eigenvalue weighted by Gasteiger charge is 2.15. The second kappa shape index (κ2) is 5.08. The second-order valence-corrected chi connectivity index (χ2v) is 4.95. The van der Waals surface area contributed by atoms with E-state index >= 15 is 0 Å². The fourth-order valence-electron chi connectivity index (χ4n) is 1.71. The summed E-state index contributed by atoms with van der Waals surface area (Å²) in [5.41, 5.74) is 0.812. The zero-order valence-corrected chi connectivity index (χ0v) is 10.0. The number of Topliss-reactive ketones (excluding diaryl/α,β-unsaturated/α-hetero) is 1. The molecule has 2 rings (SSSR count). The number of thiophene rings is 1. The Kier molecular flexibility index (Phi) is 3.52. The lowest BCUT2D eigenvalue weighted by Crippen LogP contribution is -2.13. The van der Waals surface area contributed by atoms with Gasteiger partial charge in [0, 0.05) is 16.4 Å². The van der Waals surface area contributed by atoms with Gasteiger partial charge in [-0.25, -0.2) is 0 Å². The summed E-state index contributed by atoms with van der Waals surface area (Å²) in [6.07, 6.45) is 0.839. The highest BCUT2D eigenvalue weighted by Crippen LogP contribution is 2.17. The van der Waals surface area contributed by atoms with E-state index in [0.29, 0.717) is 0 Å². The zero-order chi connectivity index (χ0) is 11.4. The topological polar surface area (TPSA) is 17.1 Å². The largest absolute Gasteiger partial charge is 0.294 e. The fraction of sp³-hybridized carbons (Fsp3) is 0.214. The first kappa shape index (κ1) is 11.1. The van der Waals surface area contributed by atoms with E-state index in [0.717, 1.165) is 12.0 Å². The lowest BCUT2D eigenvalue weighted by atomic mass is 9.96. The molecule has 1 unspecified atom stereocenters. The molecule has 2 heteroatoms. The Morgan fingerprint density at radius 1 is 1.19 bits per heavy atom. The van der Waals surface area contributed by atoms with Crippen LogP contribution in [0.1, 0.15) is 22.2 Å². The van der Waals surface area contributed by atoms with Crippen LogP contribution in [-0.2, 0) is 6.42 Å². The minimum atomic E-state index is 0.0565. The zero-order valence-electron chi connectivity index (χ0n) is 9.22. The molecule has 0 fully saturated rings. The van der Waals surface area contributed by atoms with Crippen molar-refractivity contribution in [2.45, 2.75) is 13.3 Å². The first-order valence-electron chi connectivity index (χ1n) is 5.39. The lowest BCUT2D eigenvalue weighted by Gasteiger charge is -2.08. The number of hydrogen-bond donors (Lipinski definition) is 0. The Morgan fingerprint density at radius 2 is 1.94 bits per heavy atom. The van der Waals surface area contributed by atoms with Gasteiger partial charge in [-0.1, -0.05) is 43.3 Å². The molecule has 1 aromatic heterocycles. The molecule has 0 spiro atoms. The molecule has 0 bridgehead atoms. The molecule has 0 aliphatic rings. The van der Waals surface area contributed by atoms with Crippen molar-refractivity contribution >= 4 is 17.1 Å². The quantitative estimate of drug-likeness (QED) is 0.730. The SMILES string of the molecule is CC(Cc1cccs1)C(=O)c1ccccc1. The van der Waals surface area contributed by atoms with Crippen molar-refractivity contribution in [3.8, 4) is 0 Å². The van der Waals surface area contributed by atoms with E-state index in [1.165, 1.54) is 4.88 Å². The fourth-order valence-corrected chi connectivity index (χ4v) is 2.55. The first-order valence-corrected chi connectivity index (χ1v) is 6.27. The van der Waals surface area contributed by atoms with Gasteiger partial charge in [0.2, 0.25) is 0 Å². The van der Waals surface area contributed by atoms with Gasteiger partial charge in [0.1, 0.15) is 0 Å². The molecular formula is C14H14OS. The van der Waals surface area contributed by atoms with Crippen molar-refractivity contribution in [2.24, 2.45) is 5.92 Å². The van der Waals surface area contributed by atoms with E-state index < -0.39 is 0 Å². The van der Waals surface area contributed by atoms with E-state index in [2.05, 4.69) is 11.4 Å². The maximum Gasteiger partial charge on any atom is 0.166 e. The molecule has 0 aliphatic heterocycles. The number of ketones is 1. The molecular weight excluding hydrogens is 216 g/mol. The molecule has 82 valence electrons. The summed E-state index contributed by atoms with van der Waals surface area (Å²) in [4.78, 5) is 13.4. The van der Waals surface area contributed by atoms with Gasteiger partial charge in [0.15, 0.2) is 5.78 Å². The van der Waals surface area contributed by atoms with Crippen LogP contribution in [0.4, 0.5) is 0 Å². The molecule has 16 heavy (non-hydrogen) atoms. The van der Waals surface area contributed by atoms with Crippen molar-refractivity contribution in [1.82, 2.24) is 0 Å². The van der Waals surface area contributed by atoms with Crippen LogP contribution in [0.3, 0.4) is 0 Å². The predicted molar refractivity (Wildman–Crippen MR) is 68.0 cm³/mol. The van der Waals surface area contributed by atoms with Gasteiger partial charge in [0.05, 0.1) is 0 Å². The molecule has 1 nitrogen and oxygen atoms in total. The van der Waals surface area contributed by atoms with E-state index in [-0.39, 0.29) is 11.7 Å². The van der Waals surface area contributed by atoms with Gasteiger partial charge in [-0.05, 0) is 17.9 Å². The van der Waals surface area contributed by atoms with Gasteiger partial charge < -0.3 is 0 Å². The molecule has 1 heterocycles. The predicted octanol–water partition coefficient (Wildman–Crippen LogP) is 3.81. The van der Waals surface area contributed by atoms with Crippen LogP contribution in [0.2, 0.25) is 0 Å². The molecule has 2 aromatic rings. The molecule has 1 atom stereocenters. The van der Waals surface area contributed by atoms with Gasteiger partial charge in [-0.15, -0.1) is 11.3 Å². The molecule has 0 aliphatic carbocycles. The average molecular weight is 230 g/mol. The summed E-state index contributed by atoms with van der Waals surface area (Å²) in [5, 5.41) is 2.05. The van der Waals surface area contributed by atoms with E-state index in [1.807, 2.05) is 43.3 Å². The van der Waals surface area contributed by atoms with Crippen molar-refractivity contribution in [1.29, 1.82) is 0 Å². The Bertz CT molecular complexity index is 445. The molecule has 0 saturated heterocycles. The summed E-state index contributed by atoms with van der Waals surface area (Å²) < 4.78 is 0. The lowest BCUT2D eigenvalue weighted by molar-refractivity contribution is 0.0930. The number of rotatable bonds is 4. The van der Waals surface area contributed by atoms with Gasteiger partial charge in [-0.3, -0.25) is 4.79 Å². The highest BCUT2D eigenvalue weighted by molar-refractivity contribution is 7.09. The normalized spacial score (nSPS) is 12.3. The van der Waals surface area contributed by atoms with Crippen molar-refractivity contribution < 1.29 is 4.79 Å². The molecule has 0 N–H and O–H groups in total. The third-order valence-corrected chi connectivity index (χ3v) is 3.49.